The van der Waals surface area contributed by atoms with Crippen molar-refractivity contribution >= 4 is 11.6 Å². The largest absolute Gasteiger partial charge is 0.493 e. The first-order valence-electron chi connectivity index (χ1n) is 7.39. The summed E-state index contributed by atoms with van der Waals surface area (Å²) in [5.41, 5.74) is 1.51. The van der Waals surface area contributed by atoms with Gasteiger partial charge in [-0.05, 0) is 30.5 Å². The maximum Gasteiger partial charge on any atom is 0.335 e. The number of alkyl halides is 1. The van der Waals surface area contributed by atoms with Gasteiger partial charge in [0.15, 0.2) is 0 Å². The summed E-state index contributed by atoms with van der Waals surface area (Å²) in [6.45, 7) is 0. The molecular weight excluding hydrogens is 288 g/mol. The van der Waals surface area contributed by atoms with Gasteiger partial charge in [-0.3, -0.25) is 9.13 Å². The van der Waals surface area contributed by atoms with E-state index in [9.17, 15) is 9.90 Å². The van der Waals surface area contributed by atoms with Gasteiger partial charge in [-0.1, -0.05) is 31.4 Å². The molecule has 1 aromatic carbocycles. The molecule has 0 bridgehead atoms. The summed E-state index contributed by atoms with van der Waals surface area (Å²) < 4.78 is 3.03. The molecule has 1 aliphatic rings. The third-order valence-electron chi connectivity index (χ3n) is 4.19. The zero-order chi connectivity index (χ0) is 14.8. The van der Waals surface area contributed by atoms with E-state index < -0.39 is 0 Å². The van der Waals surface area contributed by atoms with Crippen molar-refractivity contribution in [1.82, 2.24) is 9.13 Å². The Morgan fingerprint density at radius 2 is 2.00 bits per heavy atom. The second-order valence-corrected chi connectivity index (χ2v) is 5.87. The number of nitrogens with zero attached hydrogens (tertiary/aromatic N) is 2. The maximum absolute atomic E-state index is 12.6. The number of hydrogen-bond acceptors (Lipinski definition) is 2. The van der Waals surface area contributed by atoms with Crippen molar-refractivity contribution in [2.75, 3.05) is 0 Å². The lowest BCUT2D eigenvalue weighted by Gasteiger charge is -2.22. The van der Waals surface area contributed by atoms with Crippen molar-refractivity contribution in [3.05, 3.63) is 46.5 Å². The van der Waals surface area contributed by atoms with Gasteiger partial charge in [-0.2, -0.15) is 0 Å². The van der Waals surface area contributed by atoms with E-state index in [1.807, 2.05) is 24.3 Å². The van der Waals surface area contributed by atoms with Crippen LogP contribution in [0.15, 0.2) is 35.3 Å². The molecular formula is C16H19ClN2O2. The summed E-state index contributed by atoms with van der Waals surface area (Å²) in [7, 11) is 0. The van der Waals surface area contributed by atoms with E-state index >= 15 is 0 Å². The lowest BCUT2D eigenvalue weighted by Crippen LogP contribution is -2.27. The van der Waals surface area contributed by atoms with Gasteiger partial charge in [-0.15, -0.1) is 11.6 Å². The van der Waals surface area contributed by atoms with Gasteiger partial charge < -0.3 is 5.11 Å². The standard InChI is InChI=1S/C16H19ClN2O2/c17-10-12-5-4-8-14(9-12)18-11-15(20)19(16(18)21)13-6-2-1-3-7-13/h4-5,8-9,11,13,20H,1-3,6-7,10H2. The molecule has 3 rings (SSSR count). The molecule has 2 aromatic rings. The zero-order valence-corrected chi connectivity index (χ0v) is 12.6. The van der Waals surface area contributed by atoms with Crippen molar-refractivity contribution in [3.8, 4) is 11.6 Å². The van der Waals surface area contributed by atoms with Gasteiger partial charge >= 0.3 is 5.69 Å². The molecule has 0 spiro atoms. The Morgan fingerprint density at radius 1 is 1.24 bits per heavy atom. The third-order valence-corrected chi connectivity index (χ3v) is 4.50. The van der Waals surface area contributed by atoms with E-state index in [4.69, 9.17) is 11.6 Å². The first kappa shape index (κ1) is 14.3. The molecule has 1 fully saturated rings. The molecule has 0 atom stereocenters. The van der Waals surface area contributed by atoms with Crippen molar-refractivity contribution in [3.63, 3.8) is 0 Å². The lowest BCUT2D eigenvalue weighted by molar-refractivity contribution is 0.307. The molecule has 0 saturated heterocycles. The molecule has 1 aromatic heterocycles. The summed E-state index contributed by atoms with van der Waals surface area (Å²) in [5.74, 6) is 0.445. The van der Waals surface area contributed by atoms with Crippen LogP contribution in [0.3, 0.4) is 0 Å². The number of rotatable bonds is 3. The van der Waals surface area contributed by atoms with Gasteiger partial charge in [0.1, 0.15) is 0 Å². The van der Waals surface area contributed by atoms with E-state index in [0.29, 0.717) is 5.88 Å². The normalized spacial score (nSPS) is 16.2. The number of aromatic hydroxyl groups is 1. The summed E-state index contributed by atoms with van der Waals surface area (Å²) >= 11 is 5.84. The smallest absolute Gasteiger partial charge is 0.335 e. The molecule has 0 aliphatic heterocycles. The highest BCUT2D eigenvalue weighted by molar-refractivity contribution is 6.17. The minimum atomic E-state index is -0.175. The quantitative estimate of drug-likeness (QED) is 0.881. The van der Waals surface area contributed by atoms with E-state index in [0.717, 1.165) is 36.9 Å². The Labute approximate surface area is 128 Å². The van der Waals surface area contributed by atoms with Crippen LogP contribution in [0.4, 0.5) is 0 Å². The van der Waals surface area contributed by atoms with Crippen molar-refractivity contribution in [2.24, 2.45) is 0 Å². The van der Waals surface area contributed by atoms with Gasteiger partial charge in [0.25, 0.3) is 0 Å². The summed E-state index contributed by atoms with van der Waals surface area (Å²) in [6.07, 6.45) is 6.86. The van der Waals surface area contributed by atoms with Crippen molar-refractivity contribution < 1.29 is 5.11 Å². The Kier molecular flexibility index (Phi) is 4.06. The maximum atomic E-state index is 12.6. The van der Waals surface area contributed by atoms with Crippen LogP contribution in [0.5, 0.6) is 5.88 Å². The van der Waals surface area contributed by atoms with Crippen LogP contribution in [0.2, 0.25) is 0 Å². The highest BCUT2D eigenvalue weighted by Crippen LogP contribution is 2.30. The molecule has 1 saturated carbocycles. The Bertz CT molecular complexity index is 684. The van der Waals surface area contributed by atoms with Crippen LogP contribution >= 0.6 is 11.6 Å². The van der Waals surface area contributed by atoms with Crippen LogP contribution in [-0.4, -0.2) is 14.2 Å². The molecule has 0 amide bonds. The first-order valence-corrected chi connectivity index (χ1v) is 7.92. The number of aromatic nitrogens is 2. The topological polar surface area (TPSA) is 47.2 Å². The van der Waals surface area contributed by atoms with Crippen LogP contribution < -0.4 is 5.69 Å². The minimum absolute atomic E-state index is 0.0446. The van der Waals surface area contributed by atoms with Crippen molar-refractivity contribution in [2.45, 2.75) is 44.0 Å². The highest BCUT2D eigenvalue weighted by atomic mass is 35.5. The SMILES string of the molecule is O=c1n(-c2cccc(CCl)c2)cc(O)n1C1CCCCC1. The van der Waals surface area contributed by atoms with Crippen LogP contribution in [0, 0.1) is 0 Å². The van der Waals surface area contributed by atoms with Gasteiger partial charge in [0.2, 0.25) is 5.88 Å². The van der Waals surface area contributed by atoms with E-state index in [1.165, 1.54) is 21.8 Å². The lowest BCUT2D eigenvalue weighted by atomic mass is 9.95. The Balaban J connectivity index is 2.02. The number of imidazole rings is 1. The average molecular weight is 307 g/mol. The summed E-state index contributed by atoms with van der Waals surface area (Å²) in [4.78, 5) is 12.6. The predicted octanol–water partition coefficient (Wildman–Crippen LogP) is 3.59. The molecule has 4 nitrogen and oxygen atoms in total. The monoisotopic (exact) mass is 306 g/mol. The van der Waals surface area contributed by atoms with E-state index in [2.05, 4.69) is 0 Å². The Hall–Kier alpha value is -1.68. The minimum Gasteiger partial charge on any atom is -0.493 e. The second-order valence-electron chi connectivity index (χ2n) is 5.61. The summed E-state index contributed by atoms with van der Waals surface area (Å²) in [5, 5.41) is 10.2. The van der Waals surface area contributed by atoms with Crippen molar-refractivity contribution in [1.29, 1.82) is 0 Å². The fraction of sp³-hybridized carbons (Fsp3) is 0.438. The van der Waals surface area contributed by atoms with Crippen LogP contribution in [0.25, 0.3) is 5.69 Å². The number of benzene rings is 1. The molecule has 112 valence electrons. The fourth-order valence-electron chi connectivity index (χ4n) is 3.10. The summed E-state index contributed by atoms with van der Waals surface area (Å²) in [6, 6.07) is 7.62. The van der Waals surface area contributed by atoms with E-state index in [-0.39, 0.29) is 17.6 Å². The molecule has 1 aliphatic carbocycles. The number of hydrogen-bond donors (Lipinski definition) is 1. The first-order chi connectivity index (χ1) is 10.2. The molecule has 21 heavy (non-hydrogen) atoms. The zero-order valence-electron chi connectivity index (χ0n) is 11.8. The average Bonchev–Trinajstić information content (AvgIpc) is 2.83. The van der Waals surface area contributed by atoms with Gasteiger partial charge in [-0.25, -0.2) is 4.79 Å². The van der Waals surface area contributed by atoms with Crippen LogP contribution in [-0.2, 0) is 5.88 Å². The van der Waals surface area contributed by atoms with Gasteiger partial charge in [0.05, 0.1) is 11.9 Å². The Morgan fingerprint density at radius 3 is 2.71 bits per heavy atom. The number of halogens is 1. The molecule has 5 heteroatoms. The highest BCUT2D eigenvalue weighted by Gasteiger charge is 2.22. The fourth-order valence-corrected chi connectivity index (χ4v) is 3.27. The molecule has 1 heterocycles. The molecule has 0 unspecified atom stereocenters. The molecule has 0 radical (unpaired) electrons. The van der Waals surface area contributed by atoms with E-state index in [1.54, 1.807) is 0 Å². The van der Waals surface area contributed by atoms with Crippen LogP contribution in [0.1, 0.15) is 43.7 Å². The predicted molar refractivity (Wildman–Crippen MR) is 83.4 cm³/mol. The second kappa shape index (κ2) is 5.98. The molecule has 1 N–H and O–H groups in total. The van der Waals surface area contributed by atoms with Gasteiger partial charge in [0, 0.05) is 11.9 Å². The third kappa shape index (κ3) is 2.72.